The number of hydrogen-bond acceptors (Lipinski definition) is 4. The van der Waals surface area contributed by atoms with Crippen molar-refractivity contribution in [2.24, 2.45) is 0 Å². The molecule has 1 atom stereocenters. The number of rotatable bonds is 0. The maximum absolute atomic E-state index is 10.1. The van der Waals surface area contributed by atoms with Crippen molar-refractivity contribution in [3.8, 4) is 34.1 Å². The average Bonchev–Trinajstić information content (AvgIpc) is 2.36. The lowest BCUT2D eigenvalue weighted by Crippen LogP contribution is -2.23. The topological polar surface area (TPSA) is 58.9 Å². The predicted octanol–water partition coefficient (Wildman–Crippen LogP) is 2.92. The van der Waals surface area contributed by atoms with Gasteiger partial charge < -0.3 is 19.7 Å². The zero-order valence-corrected chi connectivity index (χ0v) is 10.5. The summed E-state index contributed by atoms with van der Waals surface area (Å²) in [6.45, 7) is 2.27. The molecule has 1 unspecified atom stereocenters. The van der Waals surface area contributed by atoms with Crippen molar-refractivity contribution >= 4 is 0 Å². The molecule has 2 aromatic rings. The van der Waals surface area contributed by atoms with E-state index < -0.39 is 0 Å². The molecule has 1 aliphatic rings. The molecule has 0 saturated carbocycles. The van der Waals surface area contributed by atoms with E-state index >= 15 is 0 Å². The Kier molecular flexibility index (Phi) is 2.71. The van der Waals surface area contributed by atoms with Crippen LogP contribution in [0.5, 0.6) is 23.0 Å². The van der Waals surface area contributed by atoms with Crippen LogP contribution in [-0.2, 0) is 0 Å². The third-order valence-corrected chi connectivity index (χ3v) is 3.06. The lowest BCUT2D eigenvalue weighted by Gasteiger charge is -2.24. The van der Waals surface area contributed by atoms with Gasteiger partial charge >= 0.3 is 0 Å². The van der Waals surface area contributed by atoms with Gasteiger partial charge in [0.05, 0.1) is 11.1 Å². The Morgan fingerprint density at radius 1 is 0.947 bits per heavy atom. The number of aromatic hydroxyl groups is 2. The van der Waals surface area contributed by atoms with E-state index in [1.54, 1.807) is 36.4 Å². The fourth-order valence-corrected chi connectivity index (χ4v) is 2.22. The van der Waals surface area contributed by atoms with Crippen LogP contribution in [0.2, 0.25) is 0 Å². The number of ether oxygens (including phenoxy) is 2. The fourth-order valence-electron chi connectivity index (χ4n) is 2.22. The number of hydrogen-bond donors (Lipinski definition) is 2. The highest BCUT2D eigenvalue weighted by Crippen LogP contribution is 2.47. The van der Waals surface area contributed by atoms with E-state index in [-0.39, 0.29) is 17.6 Å². The summed E-state index contributed by atoms with van der Waals surface area (Å²) in [6.07, 6.45) is -0.143. The summed E-state index contributed by atoms with van der Waals surface area (Å²) in [6, 6.07) is 10.1. The smallest absolute Gasteiger partial charge is 0.131 e. The van der Waals surface area contributed by atoms with Crippen LogP contribution < -0.4 is 9.47 Å². The van der Waals surface area contributed by atoms with E-state index in [2.05, 4.69) is 0 Å². The van der Waals surface area contributed by atoms with Gasteiger partial charge in [-0.2, -0.15) is 0 Å². The molecule has 3 rings (SSSR count). The molecule has 4 nitrogen and oxygen atoms in total. The Balaban J connectivity index is 2.32. The molecule has 2 aromatic carbocycles. The summed E-state index contributed by atoms with van der Waals surface area (Å²) < 4.78 is 11.4. The molecule has 1 heterocycles. The Morgan fingerprint density at radius 2 is 1.53 bits per heavy atom. The van der Waals surface area contributed by atoms with Crippen molar-refractivity contribution < 1.29 is 19.7 Å². The largest absolute Gasteiger partial charge is 0.507 e. The van der Waals surface area contributed by atoms with E-state index in [4.69, 9.17) is 9.47 Å². The van der Waals surface area contributed by atoms with Crippen LogP contribution in [0.25, 0.3) is 11.1 Å². The third-order valence-electron chi connectivity index (χ3n) is 3.06. The van der Waals surface area contributed by atoms with Crippen molar-refractivity contribution in [1.82, 2.24) is 0 Å². The van der Waals surface area contributed by atoms with Crippen LogP contribution in [0, 0.1) is 0 Å². The molecule has 0 spiro atoms. The van der Waals surface area contributed by atoms with Crippen molar-refractivity contribution in [2.45, 2.75) is 13.0 Å². The third kappa shape index (κ3) is 1.95. The van der Waals surface area contributed by atoms with Gasteiger partial charge in [0.15, 0.2) is 0 Å². The van der Waals surface area contributed by atoms with Gasteiger partial charge in [-0.25, -0.2) is 0 Å². The maximum Gasteiger partial charge on any atom is 0.131 e. The highest BCUT2D eigenvalue weighted by atomic mass is 16.5. The highest BCUT2D eigenvalue weighted by Gasteiger charge is 2.23. The van der Waals surface area contributed by atoms with E-state index in [0.29, 0.717) is 29.2 Å². The monoisotopic (exact) mass is 258 g/mol. The summed E-state index contributed by atoms with van der Waals surface area (Å²) in [5.74, 6) is 1.19. The average molecular weight is 258 g/mol. The summed E-state index contributed by atoms with van der Waals surface area (Å²) in [5, 5.41) is 20.1. The number of benzene rings is 2. The minimum atomic E-state index is -0.143. The van der Waals surface area contributed by atoms with Crippen LogP contribution in [0.3, 0.4) is 0 Å². The molecule has 4 heteroatoms. The molecule has 0 amide bonds. The Morgan fingerprint density at radius 3 is 2.21 bits per heavy atom. The first-order valence-corrected chi connectivity index (χ1v) is 6.10. The van der Waals surface area contributed by atoms with Gasteiger partial charge in [-0.1, -0.05) is 12.1 Å². The normalized spacial score (nSPS) is 17.2. The summed E-state index contributed by atoms with van der Waals surface area (Å²) in [5.41, 5.74) is 0.921. The molecule has 0 bridgehead atoms. The first-order valence-electron chi connectivity index (χ1n) is 6.10. The van der Waals surface area contributed by atoms with Crippen LogP contribution in [-0.4, -0.2) is 22.9 Å². The first kappa shape index (κ1) is 11.7. The predicted molar refractivity (Wildman–Crippen MR) is 70.8 cm³/mol. The standard InChI is InChI=1S/C15H14O4/c1-9-8-18-12-6-2-4-10(16)14(12)15-11(17)5-3-7-13(15)19-9/h2-7,9,16-17H,8H2,1H3. The molecule has 98 valence electrons. The van der Waals surface area contributed by atoms with Crippen molar-refractivity contribution in [3.05, 3.63) is 36.4 Å². The second kappa shape index (κ2) is 4.39. The van der Waals surface area contributed by atoms with Gasteiger partial charge in [-0.05, 0) is 31.2 Å². The van der Waals surface area contributed by atoms with E-state index in [9.17, 15) is 10.2 Å². The van der Waals surface area contributed by atoms with Gasteiger partial charge in [-0.15, -0.1) is 0 Å². The molecule has 19 heavy (non-hydrogen) atoms. The lowest BCUT2D eigenvalue weighted by molar-refractivity contribution is 0.140. The quantitative estimate of drug-likeness (QED) is 0.762. The molecule has 0 radical (unpaired) electrons. The van der Waals surface area contributed by atoms with Gasteiger partial charge in [0.2, 0.25) is 0 Å². The van der Waals surface area contributed by atoms with E-state index in [0.717, 1.165) is 0 Å². The molecular weight excluding hydrogens is 244 g/mol. The molecule has 0 aromatic heterocycles. The maximum atomic E-state index is 10.1. The second-order valence-corrected chi connectivity index (χ2v) is 4.54. The molecule has 0 fully saturated rings. The summed E-state index contributed by atoms with van der Waals surface area (Å²) in [7, 11) is 0. The van der Waals surface area contributed by atoms with Crippen LogP contribution >= 0.6 is 0 Å². The summed E-state index contributed by atoms with van der Waals surface area (Å²) >= 11 is 0. The van der Waals surface area contributed by atoms with Gasteiger partial charge in [0, 0.05) is 0 Å². The van der Waals surface area contributed by atoms with Gasteiger partial charge in [0.1, 0.15) is 35.7 Å². The van der Waals surface area contributed by atoms with E-state index in [1.165, 1.54) is 0 Å². The molecule has 1 aliphatic heterocycles. The zero-order valence-electron chi connectivity index (χ0n) is 10.5. The van der Waals surface area contributed by atoms with Crippen molar-refractivity contribution in [2.75, 3.05) is 6.61 Å². The van der Waals surface area contributed by atoms with E-state index in [1.807, 2.05) is 6.92 Å². The van der Waals surface area contributed by atoms with Gasteiger partial charge in [-0.3, -0.25) is 0 Å². The van der Waals surface area contributed by atoms with Crippen LogP contribution in [0.4, 0.5) is 0 Å². The number of fused-ring (bicyclic) bond motifs is 3. The van der Waals surface area contributed by atoms with Crippen molar-refractivity contribution in [1.29, 1.82) is 0 Å². The number of phenols is 2. The molecule has 2 N–H and O–H groups in total. The van der Waals surface area contributed by atoms with Crippen LogP contribution in [0.15, 0.2) is 36.4 Å². The van der Waals surface area contributed by atoms with Gasteiger partial charge in [0.25, 0.3) is 0 Å². The van der Waals surface area contributed by atoms with Crippen LogP contribution in [0.1, 0.15) is 6.92 Å². The molecule has 0 saturated heterocycles. The molecule has 0 aliphatic carbocycles. The highest BCUT2D eigenvalue weighted by molar-refractivity contribution is 5.85. The lowest BCUT2D eigenvalue weighted by atomic mass is 10.0. The Bertz CT molecular complexity index is 622. The van der Waals surface area contributed by atoms with Crippen molar-refractivity contribution in [3.63, 3.8) is 0 Å². The number of phenolic OH excluding ortho intramolecular Hbond substituents is 2. The zero-order chi connectivity index (χ0) is 13.4. The minimum Gasteiger partial charge on any atom is -0.507 e. The SMILES string of the molecule is CC1COc2cccc(O)c2-c2c(O)cccc2O1. The first-order chi connectivity index (χ1) is 9.16. The molecular formula is C15H14O4. The Hall–Kier alpha value is -2.36. The fraction of sp³-hybridized carbons (Fsp3) is 0.200. The minimum absolute atomic E-state index is 0.0537. The Labute approximate surface area is 110 Å². The second-order valence-electron chi connectivity index (χ2n) is 4.54. The summed E-state index contributed by atoms with van der Waals surface area (Å²) in [4.78, 5) is 0.